The molecule has 1 aliphatic rings. The van der Waals surface area contributed by atoms with Gasteiger partial charge in [-0.25, -0.2) is 0 Å². The van der Waals surface area contributed by atoms with Crippen LogP contribution >= 0.6 is 0 Å². The van der Waals surface area contributed by atoms with E-state index in [0.717, 1.165) is 54.1 Å². The zero-order valence-electron chi connectivity index (χ0n) is 21.4. The van der Waals surface area contributed by atoms with Gasteiger partial charge in [-0.1, -0.05) is 59.7 Å². The lowest BCUT2D eigenvalue weighted by molar-refractivity contribution is -0.132. The van der Waals surface area contributed by atoms with Crippen molar-refractivity contribution in [3.63, 3.8) is 0 Å². The van der Waals surface area contributed by atoms with Gasteiger partial charge in [-0.05, 0) is 58.9 Å². The number of carbonyl (C=O) groups excluding carboxylic acids is 1. The summed E-state index contributed by atoms with van der Waals surface area (Å²) in [5.41, 5.74) is 3.54. The third-order valence-corrected chi connectivity index (χ3v) is 6.97. The maximum atomic E-state index is 13.1. The van der Waals surface area contributed by atoms with Crippen molar-refractivity contribution < 1.29 is 9.90 Å². The smallest absolute Gasteiger partial charge is 0.222 e. The summed E-state index contributed by atoms with van der Waals surface area (Å²) < 4.78 is 2.06. The molecule has 1 aliphatic heterocycles. The van der Waals surface area contributed by atoms with Crippen molar-refractivity contribution in [3.05, 3.63) is 59.0 Å². The Morgan fingerprint density at radius 1 is 1.00 bits per heavy atom. The van der Waals surface area contributed by atoms with Crippen LogP contribution in [0, 0.1) is 0 Å². The number of rotatable bonds is 4. The molecule has 0 atom stereocenters. The SMILES string of the molecule is CC(C)(C)c1cc(CCC(=O)N2CCC(c3nnc4ccccn34)CC2)cc(C(C)(C)C)c1O. The number of nitrogens with zero attached hydrogens (tertiary/aromatic N) is 4. The molecular formula is C28H38N4O2. The number of hydrogen-bond donors (Lipinski definition) is 1. The van der Waals surface area contributed by atoms with Gasteiger partial charge in [0.15, 0.2) is 5.65 Å². The summed E-state index contributed by atoms with van der Waals surface area (Å²) in [6.45, 7) is 14.2. The number of benzene rings is 1. The fourth-order valence-corrected chi connectivity index (χ4v) is 4.92. The van der Waals surface area contributed by atoms with E-state index < -0.39 is 0 Å². The number of likely N-dealkylation sites (tertiary alicyclic amines) is 1. The van der Waals surface area contributed by atoms with Gasteiger partial charge >= 0.3 is 0 Å². The molecule has 1 N–H and O–H groups in total. The molecule has 0 saturated carbocycles. The Bertz CT molecular complexity index is 1140. The fraction of sp³-hybridized carbons (Fsp3) is 0.536. The largest absolute Gasteiger partial charge is 0.507 e. The van der Waals surface area contributed by atoms with Gasteiger partial charge in [0, 0.05) is 31.6 Å². The van der Waals surface area contributed by atoms with Crippen molar-refractivity contribution in [1.82, 2.24) is 19.5 Å². The lowest BCUT2D eigenvalue weighted by Crippen LogP contribution is -2.38. The van der Waals surface area contributed by atoms with Gasteiger partial charge in [0.1, 0.15) is 11.6 Å². The third kappa shape index (κ3) is 4.96. The summed E-state index contributed by atoms with van der Waals surface area (Å²) >= 11 is 0. The number of fused-ring (bicyclic) bond motifs is 1. The van der Waals surface area contributed by atoms with Gasteiger partial charge in [-0.2, -0.15) is 0 Å². The number of aryl methyl sites for hydroxylation is 1. The van der Waals surface area contributed by atoms with E-state index in [4.69, 9.17) is 0 Å². The topological polar surface area (TPSA) is 70.7 Å². The zero-order valence-corrected chi connectivity index (χ0v) is 21.4. The van der Waals surface area contributed by atoms with Crippen LogP contribution in [-0.4, -0.2) is 43.6 Å². The molecule has 4 rings (SSSR count). The lowest BCUT2D eigenvalue weighted by atomic mass is 9.78. The van der Waals surface area contributed by atoms with Crippen LogP contribution < -0.4 is 0 Å². The van der Waals surface area contributed by atoms with Gasteiger partial charge in [0.25, 0.3) is 0 Å². The maximum absolute atomic E-state index is 13.1. The van der Waals surface area contributed by atoms with E-state index in [1.807, 2.05) is 29.3 Å². The van der Waals surface area contributed by atoms with Gasteiger partial charge in [-0.15, -0.1) is 10.2 Å². The second kappa shape index (κ2) is 9.05. The second-order valence-corrected chi connectivity index (χ2v) is 11.7. The summed E-state index contributed by atoms with van der Waals surface area (Å²) in [5, 5.41) is 19.6. The molecule has 182 valence electrons. The molecule has 3 aromatic rings. The number of phenols is 1. The number of carbonyl (C=O) groups is 1. The van der Waals surface area contributed by atoms with Crippen molar-refractivity contribution in [2.75, 3.05) is 13.1 Å². The molecule has 3 heterocycles. The van der Waals surface area contributed by atoms with Gasteiger partial charge in [-0.3, -0.25) is 9.20 Å². The van der Waals surface area contributed by atoms with Gasteiger partial charge < -0.3 is 10.0 Å². The van der Waals surface area contributed by atoms with Crippen LogP contribution in [0.1, 0.15) is 89.2 Å². The highest BCUT2D eigenvalue weighted by molar-refractivity contribution is 5.76. The Hall–Kier alpha value is -2.89. The van der Waals surface area contributed by atoms with Crippen LogP contribution in [0.4, 0.5) is 0 Å². The molecular weight excluding hydrogens is 424 g/mol. The summed E-state index contributed by atoms with van der Waals surface area (Å²) in [6, 6.07) is 10.1. The van der Waals surface area contributed by atoms with Gasteiger partial charge in [0.2, 0.25) is 5.91 Å². The minimum atomic E-state index is -0.169. The Kier molecular flexibility index (Phi) is 6.45. The van der Waals surface area contributed by atoms with Crippen LogP contribution in [0.5, 0.6) is 5.75 Å². The highest BCUT2D eigenvalue weighted by Crippen LogP contribution is 2.40. The predicted molar refractivity (Wildman–Crippen MR) is 135 cm³/mol. The average molecular weight is 463 g/mol. The van der Waals surface area contributed by atoms with E-state index in [9.17, 15) is 9.90 Å². The van der Waals surface area contributed by atoms with Crippen molar-refractivity contribution in [2.24, 2.45) is 0 Å². The molecule has 6 nitrogen and oxygen atoms in total. The molecule has 1 aromatic carbocycles. The summed E-state index contributed by atoms with van der Waals surface area (Å²) in [5.74, 6) is 1.91. The van der Waals surface area contributed by atoms with Crippen LogP contribution in [0.3, 0.4) is 0 Å². The Balaban J connectivity index is 1.41. The van der Waals surface area contributed by atoms with Crippen molar-refractivity contribution >= 4 is 11.6 Å². The number of amides is 1. The number of pyridine rings is 1. The number of hydrogen-bond acceptors (Lipinski definition) is 4. The van der Waals surface area contributed by atoms with Crippen LogP contribution in [0.25, 0.3) is 5.65 Å². The Morgan fingerprint density at radius 2 is 1.62 bits per heavy atom. The first-order chi connectivity index (χ1) is 15.9. The van der Waals surface area contributed by atoms with E-state index in [-0.39, 0.29) is 16.7 Å². The number of piperidine rings is 1. The van der Waals surface area contributed by atoms with Crippen LogP contribution in [0.2, 0.25) is 0 Å². The molecule has 1 saturated heterocycles. The first-order valence-electron chi connectivity index (χ1n) is 12.4. The predicted octanol–water partition coefficient (Wildman–Crippen LogP) is 5.37. The average Bonchev–Trinajstić information content (AvgIpc) is 3.21. The standard InChI is InChI=1S/C28H38N4O2/c1-27(2,3)21-17-19(18-22(25(21)34)28(4,5)6)10-11-24(33)31-15-12-20(13-16-31)26-30-29-23-9-7-8-14-32(23)26/h7-9,14,17-18,20,34H,10-13,15-16H2,1-6H3. The first kappa shape index (κ1) is 24.2. The lowest BCUT2D eigenvalue weighted by Gasteiger charge is -2.31. The van der Waals surface area contributed by atoms with Crippen molar-refractivity contribution in [1.29, 1.82) is 0 Å². The van der Waals surface area contributed by atoms with Crippen molar-refractivity contribution in [3.8, 4) is 5.75 Å². The number of aromatic nitrogens is 3. The van der Waals surface area contributed by atoms with Crippen molar-refractivity contribution in [2.45, 2.75) is 84.0 Å². The molecule has 0 bridgehead atoms. The second-order valence-electron chi connectivity index (χ2n) is 11.7. The number of phenolic OH excluding ortho intramolecular Hbond substituents is 1. The first-order valence-corrected chi connectivity index (χ1v) is 12.4. The zero-order chi connectivity index (χ0) is 24.7. The molecule has 0 spiro atoms. The highest BCUT2D eigenvalue weighted by Gasteiger charge is 2.28. The van der Waals surface area contributed by atoms with E-state index in [0.29, 0.717) is 24.5 Å². The van der Waals surface area contributed by atoms with E-state index >= 15 is 0 Å². The maximum Gasteiger partial charge on any atom is 0.222 e. The number of aromatic hydroxyl groups is 1. The minimum absolute atomic E-state index is 0.169. The van der Waals surface area contributed by atoms with E-state index in [1.165, 1.54) is 0 Å². The molecule has 2 aromatic heterocycles. The molecule has 0 unspecified atom stereocenters. The van der Waals surface area contributed by atoms with Crippen LogP contribution in [0.15, 0.2) is 36.5 Å². The molecule has 1 fully saturated rings. The highest BCUT2D eigenvalue weighted by atomic mass is 16.3. The summed E-state index contributed by atoms with van der Waals surface area (Å²) in [4.78, 5) is 15.0. The summed E-state index contributed by atoms with van der Waals surface area (Å²) in [7, 11) is 0. The minimum Gasteiger partial charge on any atom is -0.507 e. The normalized spacial score (nSPS) is 15.8. The van der Waals surface area contributed by atoms with E-state index in [2.05, 4.69) is 68.3 Å². The molecule has 6 heteroatoms. The molecule has 0 aliphatic carbocycles. The summed E-state index contributed by atoms with van der Waals surface area (Å²) in [6.07, 6.45) is 4.99. The molecule has 0 radical (unpaired) electrons. The molecule has 1 amide bonds. The Morgan fingerprint density at radius 3 is 2.21 bits per heavy atom. The quantitative estimate of drug-likeness (QED) is 0.566. The van der Waals surface area contributed by atoms with Gasteiger partial charge in [0.05, 0.1) is 0 Å². The third-order valence-electron chi connectivity index (χ3n) is 6.97. The Labute approximate surface area is 203 Å². The van der Waals surface area contributed by atoms with E-state index in [1.54, 1.807) is 0 Å². The van der Waals surface area contributed by atoms with Crippen LogP contribution in [-0.2, 0) is 22.0 Å². The fourth-order valence-electron chi connectivity index (χ4n) is 4.92. The monoisotopic (exact) mass is 462 g/mol. The molecule has 34 heavy (non-hydrogen) atoms.